The smallest absolute Gasteiger partial charge is 0.273 e. The maximum absolute atomic E-state index is 11.0. The molecule has 2 aromatic carbocycles. The first-order valence-corrected chi connectivity index (χ1v) is 6.97. The topological polar surface area (TPSA) is 119 Å². The SMILES string of the molecule is COc1cc([N+](=O)[O-])cc([C@@H](N)[C@@H](O)Cc2ccccc2)c1O. The number of ether oxygens (including phenoxy) is 1. The number of aromatic hydroxyl groups is 1. The summed E-state index contributed by atoms with van der Waals surface area (Å²) in [6.45, 7) is 0. The van der Waals surface area contributed by atoms with Crippen LogP contribution in [-0.4, -0.2) is 28.4 Å². The van der Waals surface area contributed by atoms with Gasteiger partial charge in [-0.05, 0) is 5.56 Å². The molecule has 0 heterocycles. The van der Waals surface area contributed by atoms with Crippen LogP contribution in [0.4, 0.5) is 5.69 Å². The van der Waals surface area contributed by atoms with Gasteiger partial charge in [-0.15, -0.1) is 0 Å². The van der Waals surface area contributed by atoms with Crippen LogP contribution in [0, 0.1) is 10.1 Å². The molecular weight excluding hydrogens is 300 g/mol. The number of phenols is 1. The number of aliphatic hydroxyl groups excluding tert-OH is 1. The van der Waals surface area contributed by atoms with E-state index < -0.39 is 17.1 Å². The zero-order chi connectivity index (χ0) is 17.0. The molecule has 2 rings (SSSR count). The number of nitrogens with zero attached hydrogens (tertiary/aromatic N) is 1. The highest BCUT2D eigenvalue weighted by Crippen LogP contribution is 2.38. The molecule has 2 aromatic rings. The number of nitro groups is 1. The first-order chi connectivity index (χ1) is 10.9. The van der Waals surface area contributed by atoms with Gasteiger partial charge in [-0.25, -0.2) is 0 Å². The fourth-order valence-corrected chi connectivity index (χ4v) is 2.32. The van der Waals surface area contributed by atoms with Crippen LogP contribution >= 0.6 is 0 Å². The van der Waals surface area contributed by atoms with E-state index >= 15 is 0 Å². The number of benzene rings is 2. The fourth-order valence-electron chi connectivity index (χ4n) is 2.32. The maximum atomic E-state index is 11.0. The summed E-state index contributed by atoms with van der Waals surface area (Å²) < 4.78 is 4.93. The molecule has 0 aliphatic heterocycles. The monoisotopic (exact) mass is 318 g/mol. The van der Waals surface area contributed by atoms with Crippen molar-refractivity contribution in [3.63, 3.8) is 0 Å². The summed E-state index contributed by atoms with van der Waals surface area (Å²) in [5.74, 6) is -0.366. The lowest BCUT2D eigenvalue weighted by Gasteiger charge is -2.21. The van der Waals surface area contributed by atoms with Crippen molar-refractivity contribution in [2.75, 3.05) is 7.11 Å². The summed E-state index contributed by atoms with van der Waals surface area (Å²) in [6, 6.07) is 10.5. The number of non-ortho nitro benzene ring substituents is 1. The predicted molar refractivity (Wildman–Crippen MR) is 84.4 cm³/mol. The van der Waals surface area contributed by atoms with Crippen molar-refractivity contribution >= 4 is 5.69 Å². The van der Waals surface area contributed by atoms with Gasteiger partial charge in [-0.2, -0.15) is 0 Å². The molecule has 122 valence electrons. The van der Waals surface area contributed by atoms with Gasteiger partial charge in [0.1, 0.15) is 0 Å². The van der Waals surface area contributed by atoms with Crippen LogP contribution in [-0.2, 0) is 6.42 Å². The number of methoxy groups -OCH3 is 1. The molecule has 0 aliphatic carbocycles. The molecule has 7 nitrogen and oxygen atoms in total. The average molecular weight is 318 g/mol. The lowest BCUT2D eigenvalue weighted by molar-refractivity contribution is -0.385. The second kappa shape index (κ2) is 7.08. The van der Waals surface area contributed by atoms with E-state index in [4.69, 9.17) is 10.5 Å². The van der Waals surface area contributed by atoms with Gasteiger partial charge in [0.05, 0.1) is 30.2 Å². The number of hydrogen-bond donors (Lipinski definition) is 3. The Bertz CT molecular complexity index is 690. The minimum Gasteiger partial charge on any atom is -0.504 e. The van der Waals surface area contributed by atoms with Gasteiger partial charge < -0.3 is 20.7 Å². The number of aliphatic hydroxyl groups is 1. The maximum Gasteiger partial charge on any atom is 0.273 e. The van der Waals surface area contributed by atoms with E-state index in [0.29, 0.717) is 0 Å². The molecular formula is C16H18N2O5. The Morgan fingerprint density at radius 1 is 1.30 bits per heavy atom. The summed E-state index contributed by atoms with van der Waals surface area (Å²) in [4.78, 5) is 10.4. The van der Waals surface area contributed by atoms with Crippen LogP contribution in [0.15, 0.2) is 42.5 Å². The van der Waals surface area contributed by atoms with E-state index in [1.807, 2.05) is 30.3 Å². The summed E-state index contributed by atoms with van der Waals surface area (Å²) >= 11 is 0. The summed E-state index contributed by atoms with van der Waals surface area (Å²) in [7, 11) is 1.29. The van der Waals surface area contributed by atoms with E-state index in [-0.39, 0.29) is 29.2 Å². The highest BCUT2D eigenvalue weighted by molar-refractivity contribution is 5.54. The molecule has 4 N–H and O–H groups in total. The molecule has 0 fully saturated rings. The lowest BCUT2D eigenvalue weighted by atomic mass is 9.95. The van der Waals surface area contributed by atoms with Gasteiger partial charge in [-0.3, -0.25) is 10.1 Å². The summed E-state index contributed by atoms with van der Waals surface area (Å²) in [6.07, 6.45) is -0.762. The van der Waals surface area contributed by atoms with E-state index in [1.54, 1.807) is 0 Å². The van der Waals surface area contributed by atoms with Crippen LogP contribution in [0.25, 0.3) is 0 Å². The Kier molecular flexibility index (Phi) is 5.15. The Labute approximate surface area is 133 Å². The van der Waals surface area contributed by atoms with E-state index in [2.05, 4.69) is 0 Å². The number of phenolic OH excluding ortho intramolecular Hbond substituents is 1. The highest BCUT2D eigenvalue weighted by Gasteiger charge is 2.25. The Balaban J connectivity index is 2.32. The van der Waals surface area contributed by atoms with Crippen molar-refractivity contribution in [3.05, 3.63) is 63.7 Å². The molecule has 7 heteroatoms. The lowest BCUT2D eigenvalue weighted by Crippen LogP contribution is -2.28. The van der Waals surface area contributed by atoms with Crippen LogP contribution in [0.3, 0.4) is 0 Å². The average Bonchev–Trinajstić information content (AvgIpc) is 2.55. The summed E-state index contributed by atoms with van der Waals surface area (Å²) in [5, 5.41) is 31.4. The Morgan fingerprint density at radius 2 is 1.96 bits per heavy atom. The van der Waals surface area contributed by atoms with Gasteiger partial charge in [0.2, 0.25) is 0 Å². The third-order valence-electron chi connectivity index (χ3n) is 3.58. The van der Waals surface area contributed by atoms with Crippen molar-refractivity contribution in [2.45, 2.75) is 18.6 Å². The third-order valence-corrected chi connectivity index (χ3v) is 3.58. The van der Waals surface area contributed by atoms with Crippen LogP contribution < -0.4 is 10.5 Å². The number of nitro benzene ring substituents is 1. The first kappa shape index (κ1) is 16.7. The van der Waals surface area contributed by atoms with Crippen molar-refractivity contribution in [1.82, 2.24) is 0 Å². The van der Waals surface area contributed by atoms with Crippen molar-refractivity contribution in [3.8, 4) is 11.5 Å². The van der Waals surface area contributed by atoms with E-state index in [1.165, 1.54) is 7.11 Å². The third kappa shape index (κ3) is 3.77. The van der Waals surface area contributed by atoms with Crippen LogP contribution in [0.1, 0.15) is 17.2 Å². The molecule has 23 heavy (non-hydrogen) atoms. The molecule has 0 aliphatic rings. The Hall–Kier alpha value is -2.64. The largest absolute Gasteiger partial charge is 0.504 e. The molecule has 0 radical (unpaired) electrons. The zero-order valence-corrected chi connectivity index (χ0v) is 12.5. The highest BCUT2D eigenvalue weighted by atomic mass is 16.6. The number of rotatable bonds is 6. The normalized spacial score (nSPS) is 13.3. The van der Waals surface area contributed by atoms with Gasteiger partial charge in [-0.1, -0.05) is 30.3 Å². The zero-order valence-electron chi connectivity index (χ0n) is 12.5. The van der Waals surface area contributed by atoms with Crippen LogP contribution in [0.5, 0.6) is 11.5 Å². The van der Waals surface area contributed by atoms with Gasteiger partial charge in [0, 0.05) is 18.1 Å². The van der Waals surface area contributed by atoms with Crippen LogP contribution in [0.2, 0.25) is 0 Å². The minimum absolute atomic E-state index is 0.0587. The fraction of sp³-hybridized carbons (Fsp3) is 0.250. The molecule has 0 saturated carbocycles. The first-order valence-electron chi connectivity index (χ1n) is 6.97. The second-order valence-corrected chi connectivity index (χ2v) is 5.13. The van der Waals surface area contributed by atoms with E-state index in [9.17, 15) is 20.3 Å². The van der Waals surface area contributed by atoms with E-state index in [0.717, 1.165) is 17.7 Å². The number of nitrogens with two attached hydrogens (primary N) is 1. The van der Waals surface area contributed by atoms with Gasteiger partial charge in [0.15, 0.2) is 11.5 Å². The van der Waals surface area contributed by atoms with Gasteiger partial charge in [0.25, 0.3) is 5.69 Å². The molecule has 2 atom stereocenters. The van der Waals surface area contributed by atoms with Crippen molar-refractivity contribution in [2.24, 2.45) is 5.73 Å². The summed E-state index contributed by atoms with van der Waals surface area (Å²) in [5.41, 5.74) is 6.66. The molecule has 0 bridgehead atoms. The predicted octanol–water partition coefficient (Wildman–Crippen LogP) is 1.91. The van der Waals surface area contributed by atoms with Crippen molar-refractivity contribution in [1.29, 1.82) is 0 Å². The van der Waals surface area contributed by atoms with Gasteiger partial charge >= 0.3 is 0 Å². The minimum atomic E-state index is -1.02. The van der Waals surface area contributed by atoms with Crippen molar-refractivity contribution < 1.29 is 19.9 Å². The second-order valence-electron chi connectivity index (χ2n) is 5.13. The molecule has 0 aromatic heterocycles. The molecule has 0 saturated heterocycles. The standard InChI is InChI=1S/C16H18N2O5/c1-23-14-9-11(18(21)22)8-12(16(14)20)15(17)13(19)7-10-5-3-2-4-6-10/h2-6,8-9,13,15,19-20H,7,17H2,1H3/t13-,15+/m0/s1. The number of hydrogen-bond acceptors (Lipinski definition) is 6. The quantitative estimate of drug-likeness (QED) is 0.553. The molecule has 0 unspecified atom stereocenters. The molecule has 0 amide bonds. The molecule has 0 spiro atoms. The Morgan fingerprint density at radius 3 is 2.52 bits per heavy atom.